The molecule has 1 aromatic rings. The molecule has 0 aromatic heterocycles. The highest BCUT2D eigenvalue weighted by molar-refractivity contribution is 9.10. The first-order valence-corrected chi connectivity index (χ1v) is 7.62. The van der Waals surface area contributed by atoms with Gasteiger partial charge in [0.05, 0.1) is 22.5 Å². The maximum atomic E-state index is 5.99. The maximum Gasteiger partial charge on any atom is 0.0878 e. The monoisotopic (exact) mass is 309 g/mol. The van der Waals surface area contributed by atoms with Crippen molar-refractivity contribution in [2.24, 2.45) is 5.92 Å². The van der Waals surface area contributed by atoms with Gasteiger partial charge in [-0.3, -0.25) is 0 Å². The van der Waals surface area contributed by atoms with E-state index in [9.17, 15) is 0 Å². The Labute approximate surface area is 117 Å². The molecule has 3 nitrogen and oxygen atoms in total. The molecule has 0 unspecified atom stereocenters. The fourth-order valence-corrected chi connectivity index (χ4v) is 3.73. The number of nitrogens with zero attached hydrogens (tertiary/aromatic N) is 1. The topological polar surface area (TPSA) is 41.3 Å². The van der Waals surface area contributed by atoms with Crippen molar-refractivity contribution in [3.8, 4) is 0 Å². The van der Waals surface area contributed by atoms with Gasteiger partial charge < -0.3 is 16.0 Å². The highest BCUT2D eigenvalue weighted by Crippen LogP contribution is 2.42. The van der Waals surface area contributed by atoms with Gasteiger partial charge in [0.1, 0.15) is 0 Å². The highest BCUT2D eigenvalue weighted by Gasteiger charge is 2.25. The van der Waals surface area contributed by atoms with Crippen LogP contribution in [0.15, 0.2) is 16.6 Å². The van der Waals surface area contributed by atoms with Crippen LogP contribution >= 0.6 is 15.9 Å². The van der Waals surface area contributed by atoms with Crippen LogP contribution < -0.4 is 16.0 Å². The summed E-state index contributed by atoms with van der Waals surface area (Å²) in [4.78, 5) is 2.44. The van der Waals surface area contributed by atoms with Crippen molar-refractivity contribution >= 4 is 33.0 Å². The first kappa shape index (κ1) is 12.2. The zero-order valence-electron chi connectivity index (χ0n) is 10.6. The predicted molar refractivity (Wildman–Crippen MR) is 81.0 cm³/mol. The van der Waals surface area contributed by atoms with Gasteiger partial charge in [0.25, 0.3) is 0 Å². The predicted octanol–water partition coefficient (Wildman–Crippen LogP) is 3.80. The number of hydrogen-bond donors (Lipinski definition) is 2. The third kappa shape index (κ3) is 2.18. The number of hydrogen-bond acceptors (Lipinski definition) is 3. The number of benzene rings is 1. The number of nitrogens with two attached hydrogens (primary N) is 1. The van der Waals surface area contributed by atoms with Crippen LogP contribution in [0.3, 0.4) is 0 Å². The van der Waals surface area contributed by atoms with Crippen LogP contribution in [0.25, 0.3) is 0 Å². The summed E-state index contributed by atoms with van der Waals surface area (Å²) < 4.78 is 1.04. The molecular weight excluding hydrogens is 290 g/mol. The Balaban J connectivity index is 1.79. The molecule has 3 N–H and O–H groups in total. The summed E-state index contributed by atoms with van der Waals surface area (Å²) in [7, 11) is 0. The van der Waals surface area contributed by atoms with E-state index in [1.165, 1.54) is 43.5 Å². The van der Waals surface area contributed by atoms with Gasteiger partial charge in [0.2, 0.25) is 0 Å². The molecule has 0 amide bonds. The van der Waals surface area contributed by atoms with Crippen molar-refractivity contribution in [2.45, 2.75) is 32.1 Å². The molecule has 0 atom stereocenters. The molecule has 1 heterocycles. The van der Waals surface area contributed by atoms with E-state index in [-0.39, 0.29) is 0 Å². The number of rotatable bonds is 2. The van der Waals surface area contributed by atoms with E-state index in [0.29, 0.717) is 0 Å². The summed E-state index contributed by atoms with van der Waals surface area (Å²) in [6.45, 7) is 2.07. The molecule has 3 rings (SSSR count). The maximum absolute atomic E-state index is 5.99. The van der Waals surface area contributed by atoms with Gasteiger partial charge >= 0.3 is 0 Å². The Kier molecular flexibility index (Phi) is 3.37. The Morgan fingerprint density at radius 2 is 2.06 bits per heavy atom. The van der Waals surface area contributed by atoms with Crippen molar-refractivity contribution in [1.82, 2.24) is 0 Å². The van der Waals surface area contributed by atoms with Crippen LogP contribution in [0, 0.1) is 5.92 Å². The lowest BCUT2D eigenvalue weighted by Crippen LogP contribution is -2.30. The minimum atomic E-state index is 0.825. The summed E-state index contributed by atoms with van der Waals surface area (Å²) in [6, 6.07) is 4.04. The summed E-state index contributed by atoms with van der Waals surface area (Å²) in [5.41, 5.74) is 9.26. The van der Waals surface area contributed by atoms with Crippen molar-refractivity contribution in [3.63, 3.8) is 0 Å². The summed E-state index contributed by atoms with van der Waals surface area (Å²) >= 11 is 3.63. The van der Waals surface area contributed by atoms with Gasteiger partial charge in [0.15, 0.2) is 0 Å². The summed E-state index contributed by atoms with van der Waals surface area (Å²) in [6.07, 6.45) is 6.98. The first-order chi connectivity index (χ1) is 8.75. The Morgan fingerprint density at radius 1 is 1.28 bits per heavy atom. The van der Waals surface area contributed by atoms with Crippen LogP contribution in [-0.4, -0.2) is 13.2 Å². The van der Waals surface area contributed by atoms with Gasteiger partial charge in [-0.15, -0.1) is 0 Å². The van der Waals surface area contributed by atoms with Crippen LogP contribution in [0.1, 0.15) is 32.1 Å². The minimum absolute atomic E-state index is 0.825. The number of halogens is 1. The van der Waals surface area contributed by atoms with Crippen molar-refractivity contribution in [1.29, 1.82) is 0 Å². The second kappa shape index (κ2) is 5.00. The van der Waals surface area contributed by atoms with Gasteiger partial charge in [-0.05, 0) is 46.8 Å². The molecule has 0 saturated heterocycles. The van der Waals surface area contributed by atoms with Gasteiger partial charge in [0, 0.05) is 12.2 Å². The molecule has 0 radical (unpaired) electrons. The van der Waals surface area contributed by atoms with Crippen molar-refractivity contribution in [2.75, 3.05) is 29.2 Å². The lowest BCUT2D eigenvalue weighted by atomic mass is 9.89. The molecule has 1 saturated carbocycles. The molecule has 1 aromatic carbocycles. The second-order valence-corrected chi connectivity index (χ2v) is 6.22. The molecule has 1 fully saturated rings. The largest absolute Gasteiger partial charge is 0.398 e. The van der Waals surface area contributed by atoms with Crippen molar-refractivity contribution in [3.05, 3.63) is 16.6 Å². The SMILES string of the molecule is Nc1ccc2c(c1Br)N(CC1CCCCC1)CN2. The van der Waals surface area contributed by atoms with Crippen LogP contribution in [0.4, 0.5) is 17.1 Å². The number of anilines is 3. The van der Waals surface area contributed by atoms with Gasteiger partial charge in [-0.2, -0.15) is 0 Å². The van der Waals surface area contributed by atoms with Crippen LogP contribution in [0.5, 0.6) is 0 Å². The zero-order chi connectivity index (χ0) is 12.5. The fraction of sp³-hybridized carbons (Fsp3) is 0.571. The molecule has 98 valence electrons. The van der Waals surface area contributed by atoms with Gasteiger partial charge in [-0.25, -0.2) is 0 Å². The zero-order valence-corrected chi connectivity index (χ0v) is 12.2. The summed E-state index contributed by atoms with van der Waals surface area (Å²) in [5.74, 6) is 0.847. The normalized spacial score (nSPS) is 19.7. The third-order valence-electron chi connectivity index (χ3n) is 4.13. The molecule has 0 spiro atoms. The fourth-order valence-electron chi connectivity index (χ4n) is 3.13. The minimum Gasteiger partial charge on any atom is -0.398 e. The van der Waals surface area contributed by atoms with Crippen molar-refractivity contribution < 1.29 is 0 Å². The quantitative estimate of drug-likeness (QED) is 0.816. The Bertz CT molecular complexity index is 441. The first-order valence-electron chi connectivity index (χ1n) is 6.82. The van der Waals surface area contributed by atoms with Crippen LogP contribution in [-0.2, 0) is 0 Å². The standard InChI is InChI=1S/C14H20BrN3/c15-13-11(16)6-7-12-14(13)18(9-17-12)8-10-4-2-1-3-5-10/h6-7,10,17H,1-5,8-9,16H2. The number of nitrogen functional groups attached to an aromatic ring is 1. The highest BCUT2D eigenvalue weighted by atomic mass is 79.9. The van der Waals surface area contributed by atoms with E-state index in [2.05, 4.69) is 32.2 Å². The average Bonchev–Trinajstić information content (AvgIpc) is 2.79. The van der Waals surface area contributed by atoms with E-state index in [1.807, 2.05) is 6.07 Å². The third-order valence-corrected chi connectivity index (χ3v) is 4.96. The number of fused-ring (bicyclic) bond motifs is 1. The van der Waals surface area contributed by atoms with Crippen LogP contribution in [0.2, 0.25) is 0 Å². The van der Waals surface area contributed by atoms with E-state index in [0.717, 1.165) is 29.3 Å². The molecule has 1 aliphatic carbocycles. The lowest BCUT2D eigenvalue weighted by molar-refractivity contribution is 0.360. The number of nitrogens with one attached hydrogen (secondary N) is 1. The molecule has 0 bridgehead atoms. The molecule has 18 heavy (non-hydrogen) atoms. The van der Waals surface area contributed by atoms with E-state index in [4.69, 9.17) is 5.73 Å². The van der Waals surface area contributed by atoms with E-state index < -0.39 is 0 Å². The molecular formula is C14H20BrN3. The second-order valence-electron chi connectivity index (χ2n) is 5.43. The molecule has 1 aliphatic heterocycles. The Morgan fingerprint density at radius 3 is 2.83 bits per heavy atom. The lowest BCUT2D eigenvalue weighted by Gasteiger charge is -2.28. The van der Waals surface area contributed by atoms with E-state index in [1.54, 1.807) is 0 Å². The van der Waals surface area contributed by atoms with Gasteiger partial charge in [-0.1, -0.05) is 19.3 Å². The summed E-state index contributed by atoms with van der Waals surface area (Å²) in [5, 5.41) is 3.45. The smallest absolute Gasteiger partial charge is 0.0878 e. The van der Waals surface area contributed by atoms with E-state index >= 15 is 0 Å². The molecule has 4 heteroatoms. The Hall–Kier alpha value is -0.900. The molecule has 2 aliphatic rings. The average molecular weight is 310 g/mol.